The highest BCUT2D eigenvalue weighted by atomic mass is 35.5. The number of amides is 1. The minimum atomic E-state index is -0.0666. The van der Waals surface area contributed by atoms with Gasteiger partial charge in [0.25, 0.3) is 5.91 Å². The van der Waals surface area contributed by atoms with Gasteiger partial charge in [-0.1, -0.05) is 50.2 Å². The van der Waals surface area contributed by atoms with Crippen LogP contribution < -0.4 is 5.32 Å². The molecule has 0 fully saturated rings. The van der Waals surface area contributed by atoms with E-state index in [0.717, 1.165) is 10.8 Å². The number of alkyl halides is 1. The lowest BCUT2D eigenvalue weighted by molar-refractivity contribution is 0.0954. The van der Waals surface area contributed by atoms with Crippen molar-refractivity contribution < 1.29 is 4.79 Å². The molecule has 2 rings (SSSR count). The molecule has 0 bridgehead atoms. The first-order valence-electron chi connectivity index (χ1n) is 6.49. The van der Waals surface area contributed by atoms with Crippen LogP contribution in [0.25, 0.3) is 10.8 Å². The Hall–Kier alpha value is -1.54. The van der Waals surface area contributed by atoms with Gasteiger partial charge in [0.2, 0.25) is 0 Å². The highest BCUT2D eigenvalue weighted by molar-refractivity contribution is 6.21. The number of nitrogens with one attached hydrogen (secondary N) is 1. The maximum Gasteiger partial charge on any atom is 0.251 e. The van der Waals surface area contributed by atoms with E-state index < -0.39 is 0 Å². The molecule has 0 spiro atoms. The van der Waals surface area contributed by atoms with E-state index in [4.69, 9.17) is 11.6 Å². The predicted molar refractivity (Wildman–Crippen MR) is 80.8 cm³/mol. The molecule has 19 heavy (non-hydrogen) atoms. The molecule has 0 aromatic heterocycles. The average Bonchev–Trinajstić information content (AvgIpc) is 2.43. The van der Waals surface area contributed by atoms with E-state index in [0.29, 0.717) is 18.0 Å². The van der Waals surface area contributed by atoms with Crippen molar-refractivity contribution in [2.75, 3.05) is 6.54 Å². The fourth-order valence-corrected chi connectivity index (χ4v) is 2.02. The quantitative estimate of drug-likeness (QED) is 0.844. The van der Waals surface area contributed by atoms with Crippen molar-refractivity contribution in [1.29, 1.82) is 0 Å². The third-order valence-electron chi connectivity index (χ3n) is 3.22. The first-order valence-corrected chi connectivity index (χ1v) is 6.93. The summed E-state index contributed by atoms with van der Waals surface area (Å²) in [6.45, 7) is 4.57. The van der Waals surface area contributed by atoms with E-state index in [1.165, 1.54) is 0 Å². The summed E-state index contributed by atoms with van der Waals surface area (Å²) in [5.74, 6) is 0.276. The molecule has 1 N–H and O–H groups in total. The zero-order chi connectivity index (χ0) is 13.8. The SMILES string of the molecule is CC(C)C(Cl)CNC(=O)c1cccc2ccccc12. The molecule has 1 unspecified atom stereocenters. The zero-order valence-electron chi connectivity index (χ0n) is 11.2. The molecular weight excluding hydrogens is 258 g/mol. The number of hydrogen-bond acceptors (Lipinski definition) is 1. The van der Waals surface area contributed by atoms with Gasteiger partial charge in [-0.05, 0) is 22.8 Å². The monoisotopic (exact) mass is 275 g/mol. The smallest absolute Gasteiger partial charge is 0.251 e. The van der Waals surface area contributed by atoms with Crippen LogP contribution in [0.1, 0.15) is 24.2 Å². The van der Waals surface area contributed by atoms with E-state index in [-0.39, 0.29) is 11.3 Å². The number of carbonyl (C=O) groups excluding carboxylic acids is 1. The topological polar surface area (TPSA) is 29.1 Å². The van der Waals surface area contributed by atoms with Gasteiger partial charge in [0.15, 0.2) is 0 Å². The lowest BCUT2D eigenvalue weighted by atomic mass is 10.0. The Balaban J connectivity index is 2.18. The van der Waals surface area contributed by atoms with Gasteiger partial charge in [-0.15, -0.1) is 11.6 Å². The molecular formula is C16H18ClNO. The van der Waals surface area contributed by atoms with Gasteiger partial charge in [0, 0.05) is 12.1 Å². The van der Waals surface area contributed by atoms with Crippen LogP contribution in [0, 0.1) is 5.92 Å². The molecule has 0 saturated carbocycles. The molecule has 0 aliphatic carbocycles. The first kappa shape index (κ1) is 13.9. The Labute approximate surface area is 118 Å². The molecule has 2 aromatic carbocycles. The Morgan fingerprint density at radius 2 is 1.84 bits per heavy atom. The van der Waals surface area contributed by atoms with Crippen LogP contribution in [0.2, 0.25) is 0 Å². The summed E-state index contributed by atoms with van der Waals surface area (Å²) in [7, 11) is 0. The molecule has 1 amide bonds. The second-order valence-electron chi connectivity index (χ2n) is 5.00. The van der Waals surface area contributed by atoms with E-state index in [1.54, 1.807) is 0 Å². The Morgan fingerprint density at radius 1 is 1.16 bits per heavy atom. The van der Waals surface area contributed by atoms with Crippen molar-refractivity contribution in [3.8, 4) is 0 Å². The van der Waals surface area contributed by atoms with Gasteiger partial charge in [0.1, 0.15) is 0 Å². The highest BCUT2D eigenvalue weighted by Crippen LogP contribution is 2.18. The fourth-order valence-electron chi connectivity index (χ4n) is 1.94. The van der Waals surface area contributed by atoms with Crippen molar-refractivity contribution >= 4 is 28.3 Å². The predicted octanol–water partition coefficient (Wildman–Crippen LogP) is 3.83. The molecule has 0 saturated heterocycles. The van der Waals surface area contributed by atoms with Crippen molar-refractivity contribution in [3.63, 3.8) is 0 Å². The molecule has 0 aliphatic rings. The summed E-state index contributed by atoms with van der Waals surface area (Å²) in [6, 6.07) is 13.6. The minimum absolute atomic E-state index is 0.0427. The molecule has 0 heterocycles. The van der Waals surface area contributed by atoms with E-state index >= 15 is 0 Å². The minimum Gasteiger partial charge on any atom is -0.351 e. The van der Waals surface area contributed by atoms with Crippen LogP contribution in [-0.2, 0) is 0 Å². The van der Waals surface area contributed by atoms with Crippen LogP contribution in [0.3, 0.4) is 0 Å². The van der Waals surface area contributed by atoms with Gasteiger partial charge in [-0.3, -0.25) is 4.79 Å². The standard InChI is InChI=1S/C16H18ClNO/c1-11(2)15(17)10-18-16(19)14-9-5-7-12-6-3-4-8-13(12)14/h3-9,11,15H,10H2,1-2H3,(H,18,19). The number of rotatable bonds is 4. The molecule has 1 atom stereocenters. The van der Waals surface area contributed by atoms with Gasteiger partial charge in [-0.2, -0.15) is 0 Å². The molecule has 3 heteroatoms. The summed E-state index contributed by atoms with van der Waals surface area (Å²) in [5, 5.41) is 4.90. The normalized spacial score (nSPS) is 12.6. The maximum atomic E-state index is 12.2. The average molecular weight is 276 g/mol. The van der Waals surface area contributed by atoms with E-state index in [9.17, 15) is 4.79 Å². The summed E-state index contributed by atoms with van der Waals surface area (Å²) in [4.78, 5) is 12.2. The maximum absolute atomic E-state index is 12.2. The first-order chi connectivity index (χ1) is 9.09. The van der Waals surface area contributed by atoms with Crippen LogP contribution >= 0.6 is 11.6 Å². The summed E-state index contributed by atoms with van der Waals surface area (Å²) in [6.07, 6.45) is 0. The number of benzene rings is 2. The van der Waals surface area contributed by atoms with E-state index in [1.807, 2.05) is 56.3 Å². The third kappa shape index (κ3) is 3.27. The molecule has 2 aromatic rings. The van der Waals surface area contributed by atoms with Crippen molar-refractivity contribution in [3.05, 3.63) is 48.0 Å². The lowest BCUT2D eigenvalue weighted by Crippen LogP contribution is -2.32. The third-order valence-corrected chi connectivity index (χ3v) is 3.87. The number of hydrogen-bond donors (Lipinski definition) is 1. The largest absolute Gasteiger partial charge is 0.351 e. The summed E-state index contributed by atoms with van der Waals surface area (Å²) in [5.41, 5.74) is 0.700. The van der Waals surface area contributed by atoms with Crippen LogP contribution in [0.4, 0.5) is 0 Å². The van der Waals surface area contributed by atoms with Crippen molar-refractivity contribution in [2.45, 2.75) is 19.2 Å². The van der Waals surface area contributed by atoms with Gasteiger partial charge < -0.3 is 5.32 Å². The van der Waals surface area contributed by atoms with Crippen molar-refractivity contribution in [1.82, 2.24) is 5.32 Å². The van der Waals surface area contributed by atoms with E-state index in [2.05, 4.69) is 5.32 Å². The number of halogens is 1. The summed E-state index contributed by atoms with van der Waals surface area (Å²) < 4.78 is 0. The Bertz CT molecular complexity index is 574. The number of carbonyl (C=O) groups is 1. The highest BCUT2D eigenvalue weighted by Gasteiger charge is 2.13. The summed E-state index contributed by atoms with van der Waals surface area (Å²) >= 11 is 6.15. The van der Waals surface area contributed by atoms with Crippen molar-refractivity contribution in [2.24, 2.45) is 5.92 Å². The fraction of sp³-hybridized carbons (Fsp3) is 0.312. The molecule has 0 radical (unpaired) electrons. The van der Waals surface area contributed by atoms with Crippen LogP contribution in [0.15, 0.2) is 42.5 Å². The van der Waals surface area contributed by atoms with Gasteiger partial charge >= 0.3 is 0 Å². The second kappa shape index (κ2) is 6.07. The Morgan fingerprint density at radius 3 is 2.58 bits per heavy atom. The van der Waals surface area contributed by atoms with Crippen LogP contribution in [0.5, 0.6) is 0 Å². The molecule has 0 aliphatic heterocycles. The van der Waals surface area contributed by atoms with Gasteiger partial charge in [-0.25, -0.2) is 0 Å². The molecule has 100 valence electrons. The second-order valence-corrected chi connectivity index (χ2v) is 5.56. The zero-order valence-corrected chi connectivity index (χ0v) is 11.9. The Kier molecular flexibility index (Phi) is 4.43. The van der Waals surface area contributed by atoms with Gasteiger partial charge in [0.05, 0.1) is 5.38 Å². The lowest BCUT2D eigenvalue weighted by Gasteiger charge is -2.14. The molecule has 2 nitrogen and oxygen atoms in total. The number of fused-ring (bicyclic) bond motifs is 1. The van der Waals surface area contributed by atoms with Crippen LogP contribution in [-0.4, -0.2) is 17.8 Å².